The number of nitrogens with zero attached hydrogens (tertiary/aromatic N) is 2. The fourth-order valence-electron chi connectivity index (χ4n) is 4.14. The number of piperidine rings is 1. The second-order valence-electron chi connectivity index (χ2n) is 9.15. The van der Waals surface area contributed by atoms with Gasteiger partial charge in [0, 0.05) is 36.6 Å². The molecule has 0 amide bonds. The Morgan fingerprint density at radius 1 is 1.22 bits per heavy atom. The lowest BCUT2D eigenvalue weighted by molar-refractivity contribution is -0.0884. The molecule has 1 aromatic heterocycles. The predicted octanol–water partition coefficient (Wildman–Crippen LogP) is 8.10. The molecule has 2 aliphatic rings. The van der Waals surface area contributed by atoms with E-state index in [1.807, 2.05) is 33.0 Å². The minimum atomic E-state index is -4.52. The van der Waals surface area contributed by atoms with Gasteiger partial charge in [-0.1, -0.05) is 31.6 Å². The Hall–Kier alpha value is -2.87. The van der Waals surface area contributed by atoms with Gasteiger partial charge in [-0.15, -0.1) is 0 Å². The molecule has 204 valence electrons. The van der Waals surface area contributed by atoms with E-state index < -0.39 is 17.6 Å². The van der Waals surface area contributed by atoms with Crippen LogP contribution in [-0.2, 0) is 18.0 Å². The van der Waals surface area contributed by atoms with Gasteiger partial charge in [0.15, 0.2) is 0 Å². The van der Waals surface area contributed by atoms with Crippen LogP contribution in [0.15, 0.2) is 70.4 Å². The number of hydrogen-bond acceptors (Lipinski definition) is 4. The maximum atomic E-state index is 14.7. The summed E-state index contributed by atoms with van der Waals surface area (Å²) in [6, 6.07) is 1.94. The third-order valence-corrected chi connectivity index (χ3v) is 6.51. The van der Waals surface area contributed by atoms with Gasteiger partial charge in [-0.3, -0.25) is 0 Å². The third kappa shape index (κ3) is 8.59. The molecule has 2 aliphatic heterocycles. The summed E-state index contributed by atoms with van der Waals surface area (Å²) in [5.41, 5.74) is 9.44. The summed E-state index contributed by atoms with van der Waals surface area (Å²) in [7, 11) is 1.97. The van der Waals surface area contributed by atoms with Crippen LogP contribution in [-0.4, -0.2) is 29.7 Å². The van der Waals surface area contributed by atoms with E-state index in [1.165, 1.54) is 18.6 Å². The van der Waals surface area contributed by atoms with Gasteiger partial charge in [0.05, 0.1) is 18.8 Å². The van der Waals surface area contributed by atoms with Crippen molar-refractivity contribution in [1.29, 1.82) is 0 Å². The second-order valence-corrected chi connectivity index (χ2v) is 9.15. The molecule has 1 aromatic rings. The van der Waals surface area contributed by atoms with E-state index in [0.29, 0.717) is 31.0 Å². The lowest BCUT2D eigenvalue weighted by Crippen LogP contribution is -2.23. The number of pyridine rings is 1. The molecule has 0 atom stereocenters. The molecule has 0 saturated carbocycles. The summed E-state index contributed by atoms with van der Waals surface area (Å²) < 4.78 is 60.1. The molecule has 8 heteroatoms. The van der Waals surface area contributed by atoms with Crippen LogP contribution in [0.1, 0.15) is 70.9 Å². The number of likely N-dealkylation sites (tertiary alicyclic amines) is 1. The molecule has 0 bridgehead atoms. The van der Waals surface area contributed by atoms with Gasteiger partial charge in [0.1, 0.15) is 11.6 Å². The number of ether oxygens (including phenoxy) is 1. The number of nitrogen functional groups attached to an aromatic ring is 1. The topological polar surface area (TPSA) is 51.4 Å². The molecule has 0 unspecified atom stereocenters. The lowest BCUT2D eigenvalue weighted by Gasteiger charge is -2.28. The standard InChI is InChI=1S/C22H31F4N.C7H8N2O/c1-6-11-17(22(24,25)26)14-20(21(23)8-3)19(16(4)7-2)15-18-12-9-10-13-27(18)5;8-7-6-4-10-3-5(6)1-2-9-7/h8,11,14-15H,6-7,9-10,12-13H2,1-5H3;1-2H,3-4H2,(H2,8,9)/b17-11-,18-15-,19-16?,20-14-,21-8+;. The van der Waals surface area contributed by atoms with Gasteiger partial charge in [-0.05, 0) is 75.3 Å². The van der Waals surface area contributed by atoms with E-state index in [0.717, 1.165) is 54.8 Å². The van der Waals surface area contributed by atoms with E-state index in [-0.39, 0.29) is 12.0 Å². The van der Waals surface area contributed by atoms with Crippen LogP contribution in [0.25, 0.3) is 0 Å². The van der Waals surface area contributed by atoms with Gasteiger partial charge in [-0.25, -0.2) is 9.37 Å². The zero-order valence-corrected chi connectivity index (χ0v) is 22.5. The Labute approximate surface area is 218 Å². The van der Waals surface area contributed by atoms with E-state index >= 15 is 0 Å². The van der Waals surface area contributed by atoms with Crippen molar-refractivity contribution < 1.29 is 22.3 Å². The van der Waals surface area contributed by atoms with Crippen LogP contribution in [0.3, 0.4) is 0 Å². The van der Waals surface area contributed by atoms with Crippen LogP contribution in [0.2, 0.25) is 0 Å². The third-order valence-electron chi connectivity index (χ3n) is 6.51. The highest BCUT2D eigenvalue weighted by Crippen LogP contribution is 2.35. The number of nitrogens with two attached hydrogens (primary N) is 1. The highest BCUT2D eigenvalue weighted by atomic mass is 19.4. The normalized spacial score (nSPS) is 18.9. The summed E-state index contributed by atoms with van der Waals surface area (Å²) in [5, 5.41) is 0. The first kappa shape index (κ1) is 30.4. The van der Waals surface area contributed by atoms with Crippen molar-refractivity contribution in [3.8, 4) is 0 Å². The largest absolute Gasteiger partial charge is 0.416 e. The van der Waals surface area contributed by atoms with E-state index in [4.69, 9.17) is 10.5 Å². The quantitative estimate of drug-likeness (QED) is 0.303. The second kappa shape index (κ2) is 14.2. The zero-order chi connectivity index (χ0) is 27.6. The van der Waals surface area contributed by atoms with Gasteiger partial charge in [-0.2, -0.15) is 13.2 Å². The Balaban J connectivity index is 0.000000394. The van der Waals surface area contributed by atoms with Crippen molar-refractivity contribution >= 4 is 5.82 Å². The summed E-state index contributed by atoms with van der Waals surface area (Å²) >= 11 is 0. The maximum absolute atomic E-state index is 14.7. The zero-order valence-electron chi connectivity index (χ0n) is 22.5. The number of aromatic nitrogens is 1. The van der Waals surface area contributed by atoms with E-state index in [2.05, 4.69) is 9.88 Å². The number of hydrogen-bond donors (Lipinski definition) is 1. The molecular formula is C29H39F4N3O. The highest BCUT2D eigenvalue weighted by Gasteiger charge is 2.32. The molecule has 0 aliphatic carbocycles. The van der Waals surface area contributed by atoms with Crippen molar-refractivity contribution in [2.24, 2.45) is 0 Å². The van der Waals surface area contributed by atoms with Crippen molar-refractivity contribution in [2.45, 2.75) is 79.2 Å². The Morgan fingerprint density at radius 2 is 1.95 bits per heavy atom. The van der Waals surface area contributed by atoms with Crippen molar-refractivity contribution in [1.82, 2.24) is 9.88 Å². The first-order chi connectivity index (χ1) is 17.5. The average Bonchev–Trinajstić information content (AvgIpc) is 3.36. The van der Waals surface area contributed by atoms with Gasteiger partial charge in [0.2, 0.25) is 0 Å². The molecule has 1 saturated heterocycles. The summed E-state index contributed by atoms with van der Waals surface area (Å²) in [4.78, 5) is 6.05. The van der Waals surface area contributed by atoms with Crippen molar-refractivity contribution in [3.05, 3.63) is 81.5 Å². The molecule has 0 radical (unpaired) electrons. The smallest absolute Gasteiger partial charge is 0.383 e. The number of allylic oxidation sites excluding steroid dienone is 10. The molecule has 37 heavy (non-hydrogen) atoms. The van der Waals surface area contributed by atoms with E-state index in [1.54, 1.807) is 13.1 Å². The van der Waals surface area contributed by atoms with Crippen LogP contribution in [0, 0.1) is 0 Å². The van der Waals surface area contributed by atoms with Gasteiger partial charge in [0.25, 0.3) is 0 Å². The van der Waals surface area contributed by atoms with Gasteiger partial charge >= 0.3 is 6.18 Å². The van der Waals surface area contributed by atoms with E-state index in [9.17, 15) is 17.6 Å². The molecule has 1 fully saturated rings. The van der Waals surface area contributed by atoms with Gasteiger partial charge < -0.3 is 15.4 Å². The van der Waals surface area contributed by atoms with Crippen molar-refractivity contribution in [2.75, 3.05) is 19.3 Å². The SMILES string of the molecule is C\C=C(F)/C(=C\C(=C\CC)C(F)(F)F)C(/C=C1/CCCCN1C)=C(C)CC.Nc1nccc2c1COC2. The Morgan fingerprint density at radius 3 is 2.51 bits per heavy atom. The van der Waals surface area contributed by atoms with Crippen molar-refractivity contribution in [3.63, 3.8) is 0 Å². The molecule has 0 spiro atoms. The summed E-state index contributed by atoms with van der Waals surface area (Å²) in [6.45, 7) is 9.12. The fourth-order valence-corrected chi connectivity index (χ4v) is 4.14. The molecule has 3 rings (SSSR count). The average molecular weight is 522 g/mol. The number of halogens is 4. The number of alkyl halides is 3. The minimum Gasteiger partial charge on any atom is -0.383 e. The van der Waals surface area contributed by atoms with Crippen LogP contribution >= 0.6 is 0 Å². The highest BCUT2D eigenvalue weighted by molar-refractivity contribution is 5.55. The monoisotopic (exact) mass is 521 g/mol. The summed E-state index contributed by atoms with van der Waals surface area (Å²) in [6.07, 6.45) is 6.16. The molecule has 0 aromatic carbocycles. The van der Waals surface area contributed by atoms with Crippen LogP contribution in [0.4, 0.5) is 23.4 Å². The fraction of sp³-hybridized carbons (Fsp3) is 0.483. The first-order valence-corrected chi connectivity index (χ1v) is 12.8. The number of fused-ring (bicyclic) bond motifs is 1. The predicted molar refractivity (Wildman–Crippen MR) is 142 cm³/mol. The maximum Gasteiger partial charge on any atom is 0.416 e. The summed E-state index contributed by atoms with van der Waals surface area (Å²) in [5.74, 6) is -0.0330. The Kier molecular flexibility index (Phi) is 11.6. The molecule has 2 N–H and O–H groups in total. The number of anilines is 1. The number of rotatable bonds is 6. The Bertz CT molecular complexity index is 1080. The molecular weight excluding hydrogens is 482 g/mol. The first-order valence-electron chi connectivity index (χ1n) is 12.8. The van der Waals surface area contributed by atoms with Crippen LogP contribution < -0.4 is 5.73 Å². The minimum absolute atomic E-state index is 0.000323. The van der Waals surface area contributed by atoms with Crippen LogP contribution in [0.5, 0.6) is 0 Å². The molecule has 3 heterocycles. The molecule has 4 nitrogen and oxygen atoms in total. The lowest BCUT2D eigenvalue weighted by atomic mass is 9.93.